The van der Waals surface area contributed by atoms with Crippen LogP contribution in [0.3, 0.4) is 0 Å². The molecule has 1 saturated heterocycles. The van der Waals surface area contributed by atoms with E-state index < -0.39 is 0 Å². The predicted octanol–water partition coefficient (Wildman–Crippen LogP) is 3.48. The Kier molecular flexibility index (Phi) is 5.56. The second-order valence-electron chi connectivity index (χ2n) is 7.52. The van der Waals surface area contributed by atoms with Gasteiger partial charge in [-0.25, -0.2) is 4.98 Å². The predicted molar refractivity (Wildman–Crippen MR) is 111 cm³/mol. The van der Waals surface area contributed by atoms with Crippen LogP contribution in [0.4, 0.5) is 0 Å². The summed E-state index contributed by atoms with van der Waals surface area (Å²) in [5.41, 5.74) is 2.29. The first-order chi connectivity index (χ1) is 14.0. The smallest absolute Gasteiger partial charge is 0.309 e. The number of likely N-dealkylation sites (tertiary alicyclic amines) is 1. The lowest BCUT2D eigenvalue weighted by Gasteiger charge is -2.36. The maximum absolute atomic E-state index is 12.1. The van der Waals surface area contributed by atoms with Crippen molar-refractivity contribution in [2.75, 3.05) is 19.7 Å². The average Bonchev–Trinajstić information content (AvgIpc) is 3.20. The Morgan fingerprint density at radius 2 is 2.10 bits per heavy atom. The van der Waals surface area contributed by atoms with Crippen LogP contribution in [-0.4, -0.2) is 50.3 Å². The summed E-state index contributed by atoms with van der Waals surface area (Å²) in [4.78, 5) is 20.4. The van der Waals surface area contributed by atoms with Crippen molar-refractivity contribution in [1.29, 1.82) is 0 Å². The molecule has 0 saturated carbocycles. The highest BCUT2D eigenvalue weighted by Gasteiger charge is 2.34. The largest absolute Gasteiger partial charge is 0.492 e. The van der Waals surface area contributed by atoms with Crippen LogP contribution in [0.2, 0.25) is 0 Å². The van der Waals surface area contributed by atoms with E-state index in [0.717, 1.165) is 36.4 Å². The minimum Gasteiger partial charge on any atom is -0.492 e. The summed E-state index contributed by atoms with van der Waals surface area (Å²) in [6.07, 6.45) is 1.50. The van der Waals surface area contributed by atoms with Crippen LogP contribution >= 0.6 is 11.3 Å². The van der Waals surface area contributed by atoms with Gasteiger partial charge < -0.3 is 9.84 Å². The average molecular weight is 415 g/mol. The van der Waals surface area contributed by atoms with Gasteiger partial charge in [-0.3, -0.25) is 9.69 Å². The van der Waals surface area contributed by atoms with Crippen LogP contribution in [0.5, 0.6) is 5.88 Å². The molecule has 1 fully saturated rings. The summed E-state index contributed by atoms with van der Waals surface area (Å²) >= 11 is 1.47. The quantitative estimate of drug-likeness (QED) is 0.644. The zero-order chi connectivity index (χ0) is 20.5. The number of carbonyl (C=O) groups excluding carboxylic acids is 1. The van der Waals surface area contributed by atoms with Gasteiger partial charge in [0.25, 0.3) is 0 Å². The van der Waals surface area contributed by atoms with Crippen molar-refractivity contribution in [2.45, 2.75) is 39.7 Å². The van der Waals surface area contributed by atoms with Gasteiger partial charge in [-0.1, -0.05) is 41.2 Å². The van der Waals surface area contributed by atoms with Crippen molar-refractivity contribution in [1.82, 2.24) is 19.5 Å². The van der Waals surface area contributed by atoms with Gasteiger partial charge in [0.15, 0.2) is 0 Å². The number of aryl methyl sites for hydroxylation is 2. The van der Waals surface area contributed by atoms with E-state index in [9.17, 15) is 9.90 Å². The molecule has 4 rings (SSSR count). The fourth-order valence-corrected chi connectivity index (χ4v) is 5.21. The van der Waals surface area contributed by atoms with Crippen molar-refractivity contribution in [2.24, 2.45) is 5.92 Å². The Balaban J connectivity index is 1.67. The summed E-state index contributed by atoms with van der Waals surface area (Å²) in [5, 5.41) is 15.2. The van der Waals surface area contributed by atoms with Gasteiger partial charge in [-0.05, 0) is 52.3 Å². The monoisotopic (exact) mass is 414 g/mol. The van der Waals surface area contributed by atoms with Crippen LogP contribution in [0, 0.1) is 19.8 Å². The molecule has 0 amide bonds. The van der Waals surface area contributed by atoms with Crippen molar-refractivity contribution >= 4 is 22.3 Å². The number of rotatable bonds is 5. The van der Waals surface area contributed by atoms with E-state index in [1.807, 2.05) is 19.9 Å². The minimum absolute atomic E-state index is 0.0528. The number of hydrogen-bond donors (Lipinski definition) is 1. The number of piperidine rings is 1. The van der Waals surface area contributed by atoms with Crippen molar-refractivity contribution < 1.29 is 14.6 Å². The maximum atomic E-state index is 12.1. The topological polar surface area (TPSA) is 80.0 Å². The third-order valence-corrected chi connectivity index (χ3v) is 6.50. The molecule has 1 aromatic carbocycles. The van der Waals surface area contributed by atoms with E-state index in [1.165, 1.54) is 21.4 Å². The Bertz CT molecular complexity index is 1020. The zero-order valence-corrected chi connectivity index (χ0v) is 17.8. The summed E-state index contributed by atoms with van der Waals surface area (Å²) in [5.74, 6) is 0.629. The zero-order valence-electron chi connectivity index (χ0n) is 17.0. The summed E-state index contributed by atoms with van der Waals surface area (Å²) in [6, 6.07) is 8.26. The molecule has 0 spiro atoms. The van der Waals surface area contributed by atoms with Crippen LogP contribution < -0.4 is 0 Å². The van der Waals surface area contributed by atoms with Crippen LogP contribution in [0.25, 0.3) is 4.96 Å². The Labute approximate surface area is 173 Å². The molecule has 0 unspecified atom stereocenters. The van der Waals surface area contributed by atoms with Gasteiger partial charge >= 0.3 is 5.97 Å². The molecular formula is C21H26N4O3S. The first-order valence-corrected chi connectivity index (χ1v) is 10.8. The number of carbonyl (C=O) groups is 1. The lowest BCUT2D eigenvalue weighted by molar-refractivity contribution is -0.149. The Hall–Kier alpha value is -2.45. The second-order valence-corrected chi connectivity index (χ2v) is 8.53. The molecule has 2 aromatic heterocycles. The SMILES string of the molecule is CCOC(=O)C1CCN([C@@H](c2cccc(C)c2)c2sc3nc(C)nn3c2O)CC1. The number of benzene rings is 1. The normalized spacial score (nSPS) is 16.9. The van der Waals surface area contributed by atoms with Crippen LogP contribution in [0.15, 0.2) is 24.3 Å². The fraction of sp³-hybridized carbons (Fsp3) is 0.476. The number of nitrogens with zero attached hydrogens (tertiary/aromatic N) is 4. The van der Waals surface area contributed by atoms with Crippen molar-refractivity contribution in [3.63, 3.8) is 0 Å². The second kappa shape index (κ2) is 8.12. The molecule has 1 aliphatic rings. The lowest BCUT2D eigenvalue weighted by atomic mass is 9.93. The molecule has 1 atom stereocenters. The summed E-state index contributed by atoms with van der Waals surface area (Å²) in [6.45, 7) is 7.66. The standard InChI is InChI=1S/C21H26N4O3S/c1-4-28-20(27)15-8-10-24(11-9-15)17(16-7-5-6-13(2)12-16)18-19(26)25-21(29-18)22-14(3)23-25/h5-7,12,15,17,26H,4,8-11H2,1-3H3/t17-/m0/s1. The molecule has 7 nitrogen and oxygen atoms in total. The van der Waals surface area contributed by atoms with E-state index >= 15 is 0 Å². The highest BCUT2D eigenvalue weighted by atomic mass is 32.1. The molecule has 0 bridgehead atoms. The number of hydrogen-bond acceptors (Lipinski definition) is 7. The van der Waals surface area contributed by atoms with Gasteiger partial charge in [-0.2, -0.15) is 4.52 Å². The molecule has 1 N–H and O–H groups in total. The number of thiazole rings is 1. The fourth-order valence-electron chi connectivity index (χ4n) is 4.05. The van der Waals surface area contributed by atoms with E-state index in [2.05, 4.69) is 40.1 Å². The highest BCUT2D eigenvalue weighted by molar-refractivity contribution is 7.17. The van der Waals surface area contributed by atoms with Gasteiger partial charge in [0.2, 0.25) is 10.8 Å². The molecule has 8 heteroatoms. The molecule has 29 heavy (non-hydrogen) atoms. The first-order valence-electron chi connectivity index (χ1n) is 10.00. The molecular weight excluding hydrogens is 388 g/mol. The van der Waals surface area contributed by atoms with E-state index in [4.69, 9.17) is 4.74 Å². The Morgan fingerprint density at radius 3 is 2.76 bits per heavy atom. The molecule has 3 aromatic rings. The number of esters is 1. The third-order valence-electron chi connectivity index (χ3n) is 5.43. The Morgan fingerprint density at radius 1 is 1.34 bits per heavy atom. The van der Waals surface area contributed by atoms with Gasteiger partial charge in [0.1, 0.15) is 5.82 Å². The molecule has 0 radical (unpaired) electrons. The summed E-state index contributed by atoms with van der Waals surface area (Å²) in [7, 11) is 0. The summed E-state index contributed by atoms with van der Waals surface area (Å²) < 4.78 is 6.72. The number of aromatic hydroxyl groups is 1. The minimum atomic E-state index is -0.105. The maximum Gasteiger partial charge on any atom is 0.309 e. The van der Waals surface area contributed by atoms with Crippen molar-refractivity contribution in [3.8, 4) is 5.88 Å². The lowest BCUT2D eigenvalue weighted by Crippen LogP contribution is -2.39. The third kappa shape index (κ3) is 3.86. The van der Waals surface area contributed by atoms with Crippen LogP contribution in [0.1, 0.15) is 47.6 Å². The van der Waals surface area contributed by atoms with Crippen molar-refractivity contribution in [3.05, 3.63) is 46.1 Å². The molecule has 0 aliphatic carbocycles. The van der Waals surface area contributed by atoms with E-state index in [1.54, 1.807) is 0 Å². The van der Waals surface area contributed by atoms with Gasteiger partial charge in [0.05, 0.1) is 23.4 Å². The van der Waals surface area contributed by atoms with Gasteiger partial charge in [0, 0.05) is 0 Å². The van der Waals surface area contributed by atoms with E-state index in [-0.39, 0.29) is 23.8 Å². The first kappa shape index (κ1) is 19.8. The number of ether oxygens (including phenoxy) is 1. The molecule has 154 valence electrons. The van der Waals surface area contributed by atoms with E-state index in [0.29, 0.717) is 17.4 Å². The highest BCUT2D eigenvalue weighted by Crippen LogP contribution is 2.41. The number of fused-ring (bicyclic) bond motifs is 1. The van der Waals surface area contributed by atoms with Crippen LogP contribution in [-0.2, 0) is 9.53 Å². The molecule has 3 heterocycles. The number of aromatic nitrogens is 3. The molecule has 1 aliphatic heterocycles. The van der Waals surface area contributed by atoms with Gasteiger partial charge in [-0.15, -0.1) is 5.10 Å².